The number of guanidine groups is 1. The summed E-state index contributed by atoms with van der Waals surface area (Å²) in [5, 5.41) is 6.69. The second-order valence-electron chi connectivity index (χ2n) is 5.88. The highest BCUT2D eigenvalue weighted by Gasteiger charge is 1.99. The van der Waals surface area contributed by atoms with Crippen molar-refractivity contribution >= 4 is 5.96 Å². The molecule has 24 heavy (non-hydrogen) atoms. The summed E-state index contributed by atoms with van der Waals surface area (Å²) in [6.07, 6.45) is 9.45. The van der Waals surface area contributed by atoms with E-state index in [1.807, 2.05) is 19.3 Å². The lowest BCUT2D eigenvalue weighted by atomic mass is 10.3. The van der Waals surface area contributed by atoms with Crippen molar-refractivity contribution in [2.24, 2.45) is 4.99 Å². The number of aryl methyl sites for hydroxylation is 2. The molecular formula is C18H35N5O. The molecule has 2 N–H and O–H groups in total. The number of hydrogen-bond acceptors (Lipinski definition) is 3. The molecule has 0 bridgehead atoms. The Kier molecular flexibility index (Phi) is 11.8. The van der Waals surface area contributed by atoms with Crippen molar-refractivity contribution in [2.45, 2.75) is 59.4 Å². The summed E-state index contributed by atoms with van der Waals surface area (Å²) in [6, 6.07) is 0. The van der Waals surface area contributed by atoms with E-state index in [4.69, 9.17) is 4.74 Å². The first-order valence-corrected chi connectivity index (χ1v) is 9.35. The van der Waals surface area contributed by atoms with Crippen LogP contribution in [0.5, 0.6) is 0 Å². The van der Waals surface area contributed by atoms with Gasteiger partial charge in [-0.25, -0.2) is 4.98 Å². The molecule has 1 rings (SSSR count). The number of nitrogens with one attached hydrogen (secondary N) is 2. The van der Waals surface area contributed by atoms with Gasteiger partial charge in [0.2, 0.25) is 0 Å². The highest BCUT2D eigenvalue weighted by Crippen LogP contribution is 1.99. The molecule has 0 unspecified atom stereocenters. The number of aliphatic imine (C=N–C) groups is 1. The maximum atomic E-state index is 5.56. The SMILES string of the molecule is CCCCOCCCN=C(NCC)NCCCCn1ccnc1C. The fraction of sp³-hybridized carbons (Fsp3) is 0.778. The Bertz CT molecular complexity index is 444. The molecule has 0 saturated carbocycles. The fourth-order valence-electron chi connectivity index (χ4n) is 2.30. The summed E-state index contributed by atoms with van der Waals surface area (Å²) in [5.74, 6) is 1.99. The zero-order chi connectivity index (χ0) is 17.5. The van der Waals surface area contributed by atoms with Crippen LogP contribution in [0.15, 0.2) is 17.4 Å². The molecule has 1 heterocycles. The Hall–Kier alpha value is -1.56. The van der Waals surface area contributed by atoms with Crippen LogP contribution in [0.2, 0.25) is 0 Å². The molecule has 0 aliphatic heterocycles. The van der Waals surface area contributed by atoms with Gasteiger partial charge in [0.1, 0.15) is 5.82 Å². The van der Waals surface area contributed by atoms with Crippen LogP contribution in [0.25, 0.3) is 0 Å². The third kappa shape index (κ3) is 9.55. The minimum atomic E-state index is 0.799. The van der Waals surface area contributed by atoms with E-state index in [1.54, 1.807) is 0 Å². The minimum absolute atomic E-state index is 0.799. The normalized spacial score (nSPS) is 11.7. The molecule has 1 aromatic heterocycles. The molecule has 0 spiro atoms. The molecule has 0 radical (unpaired) electrons. The molecule has 0 atom stereocenters. The van der Waals surface area contributed by atoms with E-state index in [0.717, 1.165) is 76.9 Å². The summed E-state index contributed by atoms with van der Waals surface area (Å²) in [5.41, 5.74) is 0. The minimum Gasteiger partial charge on any atom is -0.381 e. The van der Waals surface area contributed by atoms with Gasteiger partial charge in [-0.05, 0) is 39.5 Å². The first kappa shape index (κ1) is 20.5. The molecule has 0 aliphatic carbocycles. The molecule has 0 amide bonds. The quantitative estimate of drug-likeness (QED) is 0.330. The molecule has 6 heteroatoms. The number of nitrogens with zero attached hydrogens (tertiary/aromatic N) is 3. The summed E-state index contributed by atoms with van der Waals surface area (Å²) in [4.78, 5) is 8.83. The lowest BCUT2D eigenvalue weighted by Gasteiger charge is -2.11. The van der Waals surface area contributed by atoms with Crippen LogP contribution in [-0.2, 0) is 11.3 Å². The number of ether oxygens (including phenoxy) is 1. The number of hydrogen-bond donors (Lipinski definition) is 2. The molecule has 0 fully saturated rings. The Labute approximate surface area is 147 Å². The van der Waals surface area contributed by atoms with Gasteiger partial charge in [0, 0.05) is 51.8 Å². The first-order chi connectivity index (χ1) is 11.8. The first-order valence-electron chi connectivity index (χ1n) is 9.35. The molecule has 0 saturated heterocycles. The highest BCUT2D eigenvalue weighted by molar-refractivity contribution is 5.79. The number of imidazole rings is 1. The summed E-state index contributed by atoms with van der Waals surface area (Å²) in [7, 11) is 0. The van der Waals surface area contributed by atoms with Crippen molar-refractivity contribution in [1.29, 1.82) is 0 Å². The van der Waals surface area contributed by atoms with E-state index in [9.17, 15) is 0 Å². The van der Waals surface area contributed by atoms with Crippen LogP contribution < -0.4 is 10.6 Å². The maximum Gasteiger partial charge on any atom is 0.191 e. The zero-order valence-electron chi connectivity index (χ0n) is 15.7. The van der Waals surface area contributed by atoms with Crippen molar-refractivity contribution in [1.82, 2.24) is 20.2 Å². The predicted octanol–water partition coefficient (Wildman–Crippen LogP) is 2.73. The van der Waals surface area contributed by atoms with E-state index < -0.39 is 0 Å². The van der Waals surface area contributed by atoms with Gasteiger partial charge in [0.25, 0.3) is 0 Å². The van der Waals surface area contributed by atoms with Gasteiger partial charge in [-0.2, -0.15) is 0 Å². The maximum absolute atomic E-state index is 5.56. The Balaban J connectivity index is 2.10. The second-order valence-corrected chi connectivity index (χ2v) is 5.88. The molecule has 138 valence electrons. The van der Waals surface area contributed by atoms with E-state index in [1.165, 1.54) is 6.42 Å². The standard InChI is InChI=1S/C18H35N5O/c1-4-6-15-24-16-9-11-22-18(19-5-2)21-10-7-8-13-23-14-12-20-17(23)3/h12,14H,4-11,13,15-16H2,1-3H3,(H2,19,21,22). The zero-order valence-corrected chi connectivity index (χ0v) is 15.7. The number of unbranched alkanes of at least 4 members (excludes halogenated alkanes) is 2. The van der Waals surface area contributed by atoms with E-state index in [0.29, 0.717) is 0 Å². The van der Waals surface area contributed by atoms with Crippen LogP contribution in [-0.4, -0.2) is 48.4 Å². The monoisotopic (exact) mass is 337 g/mol. The van der Waals surface area contributed by atoms with Crippen LogP contribution in [0.3, 0.4) is 0 Å². The predicted molar refractivity (Wildman–Crippen MR) is 101 cm³/mol. The van der Waals surface area contributed by atoms with Crippen LogP contribution >= 0.6 is 0 Å². The summed E-state index contributed by atoms with van der Waals surface area (Å²) >= 11 is 0. The van der Waals surface area contributed by atoms with Gasteiger partial charge < -0.3 is 19.9 Å². The van der Waals surface area contributed by atoms with E-state index in [2.05, 4.69) is 39.0 Å². The number of aromatic nitrogens is 2. The smallest absolute Gasteiger partial charge is 0.191 e. The van der Waals surface area contributed by atoms with E-state index >= 15 is 0 Å². The van der Waals surface area contributed by atoms with Crippen LogP contribution in [0.1, 0.15) is 51.8 Å². The fourth-order valence-corrected chi connectivity index (χ4v) is 2.30. The highest BCUT2D eigenvalue weighted by atomic mass is 16.5. The Morgan fingerprint density at radius 1 is 1.17 bits per heavy atom. The van der Waals surface area contributed by atoms with Crippen LogP contribution in [0, 0.1) is 6.92 Å². The molecule has 6 nitrogen and oxygen atoms in total. The third-order valence-electron chi connectivity index (χ3n) is 3.75. The summed E-state index contributed by atoms with van der Waals surface area (Å²) in [6.45, 7) is 11.6. The van der Waals surface area contributed by atoms with Crippen molar-refractivity contribution in [3.8, 4) is 0 Å². The largest absolute Gasteiger partial charge is 0.381 e. The topological polar surface area (TPSA) is 63.5 Å². The van der Waals surface area contributed by atoms with Crippen molar-refractivity contribution < 1.29 is 4.74 Å². The van der Waals surface area contributed by atoms with Gasteiger partial charge in [-0.3, -0.25) is 4.99 Å². The van der Waals surface area contributed by atoms with Gasteiger partial charge >= 0.3 is 0 Å². The molecule has 1 aromatic rings. The molecular weight excluding hydrogens is 302 g/mol. The van der Waals surface area contributed by atoms with Crippen molar-refractivity contribution in [3.63, 3.8) is 0 Å². The third-order valence-corrected chi connectivity index (χ3v) is 3.75. The summed E-state index contributed by atoms with van der Waals surface area (Å²) < 4.78 is 7.75. The number of rotatable bonds is 13. The van der Waals surface area contributed by atoms with Crippen LogP contribution in [0.4, 0.5) is 0 Å². The Morgan fingerprint density at radius 3 is 2.71 bits per heavy atom. The lowest BCUT2D eigenvalue weighted by molar-refractivity contribution is 0.130. The Morgan fingerprint density at radius 2 is 2.00 bits per heavy atom. The average Bonchev–Trinajstić information content (AvgIpc) is 2.98. The van der Waals surface area contributed by atoms with Gasteiger partial charge in [-0.15, -0.1) is 0 Å². The molecule has 0 aliphatic rings. The van der Waals surface area contributed by atoms with Gasteiger partial charge in [-0.1, -0.05) is 13.3 Å². The van der Waals surface area contributed by atoms with Crippen molar-refractivity contribution in [2.75, 3.05) is 32.8 Å². The van der Waals surface area contributed by atoms with Gasteiger partial charge in [0.15, 0.2) is 5.96 Å². The van der Waals surface area contributed by atoms with Crippen molar-refractivity contribution in [3.05, 3.63) is 18.2 Å². The lowest BCUT2D eigenvalue weighted by Crippen LogP contribution is -2.38. The second kappa shape index (κ2) is 13.8. The average molecular weight is 338 g/mol. The molecule has 0 aromatic carbocycles. The van der Waals surface area contributed by atoms with Gasteiger partial charge in [0.05, 0.1) is 0 Å². The van der Waals surface area contributed by atoms with E-state index in [-0.39, 0.29) is 0 Å².